The standard InChI is InChI=1S/C8H19NO2/c1-4-5-9-6-8(11-3)7-10-2/h8-9H,4-7H2,1-3H3. The Hall–Kier alpha value is -0.120. The largest absolute Gasteiger partial charge is 0.382 e. The van der Waals surface area contributed by atoms with Crippen LogP contribution in [0.4, 0.5) is 0 Å². The Morgan fingerprint density at radius 1 is 1.36 bits per heavy atom. The average molecular weight is 161 g/mol. The maximum absolute atomic E-state index is 5.15. The van der Waals surface area contributed by atoms with Crippen molar-refractivity contribution >= 4 is 0 Å². The molecule has 0 aliphatic rings. The van der Waals surface area contributed by atoms with Gasteiger partial charge in [-0.2, -0.15) is 0 Å². The van der Waals surface area contributed by atoms with Gasteiger partial charge in [-0.3, -0.25) is 0 Å². The van der Waals surface area contributed by atoms with Crippen LogP contribution in [0.3, 0.4) is 0 Å². The highest BCUT2D eigenvalue weighted by Gasteiger charge is 2.04. The fourth-order valence-electron chi connectivity index (χ4n) is 0.836. The maximum atomic E-state index is 5.15. The van der Waals surface area contributed by atoms with Crippen molar-refractivity contribution in [1.29, 1.82) is 0 Å². The Morgan fingerprint density at radius 2 is 2.09 bits per heavy atom. The van der Waals surface area contributed by atoms with Gasteiger partial charge in [-0.15, -0.1) is 0 Å². The van der Waals surface area contributed by atoms with Crippen LogP contribution < -0.4 is 5.32 Å². The number of hydrogen-bond acceptors (Lipinski definition) is 3. The zero-order valence-corrected chi connectivity index (χ0v) is 7.72. The first-order chi connectivity index (χ1) is 5.35. The highest BCUT2D eigenvalue weighted by molar-refractivity contribution is 4.59. The van der Waals surface area contributed by atoms with Gasteiger partial charge in [0.05, 0.1) is 12.7 Å². The molecule has 0 spiro atoms. The second-order valence-electron chi connectivity index (χ2n) is 2.52. The van der Waals surface area contributed by atoms with Crippen LogP contribution in [0, 0.1) is 0 Å². The summed E-state index contributed by atoms with van der Waals surface area (Å²) in [6.07, 6.45) is 1.34. The SMILES string of the molecule is CCCNCC(COC)OC. The van der Waals surface area contributed by atoms with E-state index in [0.29, 0.717) is 6.61 Å². The zero-order chi connectivity index (χ0) is 8.53. The average Bonchev–Trinajstić information content (AvgIpc) is 2.03. The lowest BCUT2D eigenvalue weighted by molar-refractivity contribution is 0.0291. The molecule has 0 fully saturated rings. The van der Waals surface area contributed by atoms with Gasteiger partial charge < -0.3 is 14.8 Å². The highest BCUT2D eigenvalue weighted by atomic mass is 16.5. The molecule has 0 aliphatic heterocycles. The Bertz CT molecular complexity index is 78.5. The first kappa shape index (κ1) is 10.9. The first-order valence-electron chi connectivity index (χ1n) is 4.07. The summed E-state index contributed by atoms with van der Waals surface area (Å²) in [5.41, 5.74) is 0. The Labute approximate surface area is 69.1 Å². The molecule has 0 saturated carbocycles. The van der Waals surface area contributed by atoms with Gasteiger partial charge in [0.15, 0.2) is 0 Å². The third kappa shape index (κ3) is 6.28. The third-order valence-electron chi connectivity index (χ3n) is 1.48. The van der Waals surface area contributed by atoms with Crippen molar-refractivity contribution in [3.63, 3.8) is 0 Å². The monoisotopic (exact) mass is 161 g/mol. The molecule has 0 bridgehead atoms. The minimum absolute atomic E-state index is 0.187. The number of hydrogen-bond donors (Lipinski definition) is 1. The highest BCUT2D eigenvalue weighted by Crippen LogP contribution is 1.88. The molecular formula is C8H19NO2. The number of nitrogens with one attached hydrogen (secondary N) is 1. The summed E-state index contributed by atoms with van der Waals surface area (Å²) in [6, 6.07) is 0. The summed E-state index contributed by atoms with van der Waals surface area (Å²) in [7, 11) is 3.39. The normalized spacial score (nSPS) is 13.4. The Kier molecular flexibility index (Phi) is 7.89. The van der Waals surface area contributed by atoms with Crippen molar-refractivity contribution in [2.45, 2.75) is 19.4 Å². The van der Waals surface area contributed by atoms with Crippen LogP contribution in [0.15, 0.2) is 0 Å². The molecule has 0 saturated heterocycles. The quantitative estimate of drug-likeness (QED) is 0.556. The summed E-state index contributed by atoms with van der Waals surface area (Å²) in [5.74, 6) is 0. The molecular weight excluding hydrogens is 142 g/mol. The van der Waals surface area contributed by atoms with E-state index >= 15 is 0 Å². The molecule has 0 aromatic heterocycles. The molecule has 1 unspecified atom stereocenters. The van der Waals surface area contributed by atoms with Gasteiger partial charge in [-0.05, 0) is 13.0 Å². The second kappa shape index (κ2) is 7.98. The van der Waals surface area contributed by atoms with Crippen LogP contribution >= 0.6 is 0 Å². The summed E-state index contributed by atoms with van der Waals surface area (Å²) in [5, 5.41) is 3.27. The van der Waals surface area contributed by atoms with Crippen molar-refractivity contribution < 1.29 is 9.47 Å². The van der Waals surface area contributed by atoms with Crippen molar-refractivity contribution in [1.82, 2.24) is 5.32 Å². The predicted octanol–water partition coefficient (Wildman–Crippen LogP) is 0.647. The zero-order valence-electron chi connectivity index (χ0n) is 7.72. The van der Waals surface area contributed by atoms with Gasteiger partial charge in [0, 0.05) is 20.8 Å². The molecule has 0 aromatic carbocycles. The number of methoxy groups -OCH3 is 2. The molecule has 0 rings (SSSR count). The van der Waals surface area contributed by atoms with Crippen LogP contribution in [-0.4, -0.2) is 40.0 Å². The van der Waals surface area contributed by atoms with Crippen molar-refractivity contribution in [2.75, 3.05) is 33.9 Å². The van der Waals surface area contributed by atoms with Crippen LogP contribution in [-0.2, 0) is 9.47 Å². The van der Waals surface area contributed by atoms with E-state index in [1.807, 2.05) is 0 Å². The molecule has 0 radical (unpaired) electrons. The molecule has 68 valence electrons. The molecule has 3 heteroatoms. The summed E-state index contributed by atoms with van der Waals surface area (Å²) in [6.45, 7) is 4.72. The summed E-state index contributed by atoms with van der Waals surface area (Å²) in [4.78, 5) is 0. The summed E-state index contributed by atoms with van der Waals surface area (Å²) < 4.78 is 10.1. The van der Waals surface area contributed by atoms with E-state index in [4.69, 9.17) is 9.47 Å². The van der Waals surface area contributed by atoms with Gasteiger partial charge in [-0.1, -0.05) is 6.92 Å². The van der Waals surface area contributed by atoms with Crippen LogP contribution in [0.25, 0.3) is 0 Å². The van der Waals surface area contributed by atoms with E-state index in [-0.39, 0.29) is 6.10 Å². The molecule has 3 nitrogen and oxygen atoms in total. The molecule has 0 aliphatic carbocycles. The van der Waals surface area contributed by atoms with E-state index in [1.54, 1.807) is 14.2 Å². The lowest BCUT2D eigenvalue weighted by Gasteiger charge is -2.14. The number of rotatable bonds is 7. The second-order valence-corrected chi connectivity index (χ2v) is 2.52. The van der Waals surface area contributed by atoms with Gasteiger partial charge in [0.2, 0.25) is 0 Å². The van der Waals surface area contributed by atoms with Crippen molar-refractivity contribution in [3.8, 4) is 0 Å². The van der Waals surface area contributed by atoms with Gasteiger partial charge in [0.25, 0.3) is 0 Å². The molecule has 1 N–H and O–H groups in total. The van der Waals surface area contributed by atoms with E-state index in [2.05, 4.69) is 12.2 Å². The van der Waals surface area contributed by atoms with E-state index in [9.17, 15) is 0 Å². The molecule has 0 heterocycles. The van der Waals surface area contributed by atoms with Crippen LogP contribution in [0.2, 0.25) is 0 Å². The molecule has 11 heavy (non-hydrogen) atoms. The van der Waals surface area contributed by atoms with Crippen molar-refractivity contribution in [3.05, 3.63) is 0 Å². The van der Waals surface area contributed by atoms with Gasteiger partial charge in [-0.25, -0.2) is 0 Å². The minimum atomic E-state index is 0.187. The third-order valence-corrected chi connectivity index (χ3v) is 1.48. The van der Waals surface area contributed by atoms with Crippen LogP contribution in [0.1, 0.15) is 13.3 Å². The lowest BCUT2D eigenvalue weighted by Crippen LogP contribution is -2.32. The van der Waals surface area contributed by atoms with E-state index in [0.717, 1.165) is 19.5 Å². The van der Waals surface area contributed by atoms with Gasteiger partial charge in [0.1, 0.15) is 0 Å². The molecule has 0 amide bonds. The van der Waals surface area contributed by atoms with Crippen LogP contribution in [0.5, 0.6) is 0 Å². The number of ether oxygens (including phenoxy) is 2. The van der Waals surface area contributed by atoms with E-state index < -0.39 is 0 Å². The summed E-state index contributed by atoms with van der Waals surface area (Å²) >= 11 is 0. The van der Waals surface area contributed by atoms with E-state index in [1.165, 1.54) is 0 Å². The molecule has 1 atom stereocenters. The minimum Gasteiger partial charge on any atom is -0.382 e. The van der Waals surface area contributed by atoms with Crippen molar-refractivity contribution in [2.24, 2.45) is 0 Å². The predicted molar refractivity (Wildman–Crippen MR) is 45.8 cm³/mol. The Balaban J connectivity index is 3.20. The molecule has 0 aromatic rings. The lowest BCUT2D eigenvalue weighted by atomic mass is 10.3. The fourth-order valence-corrected chi connectivity index (χ4v) is 0.836. The Morgan fingerprint density at radius 3 is 2.55 bits per heavy atom. The first-order valence-corrected chi connectivity index (χ1v) is 4.07. The van der Waals surface area contributed by atoms with Gasteiger partial charge >= 0.3 is 0 Å². The smallest absolute Gasteiger partial charge is 0.0928 e. The topological polar surface area (TPSA) is 30.5 Å². The fraction of sp³-hybridized carbons (Fsp3) is 1.00. The maximum Gasteiger partial charge on any atom is 0.0928 e.